The van der Waals surface area contributed by atoms with Gasteiger partial charge in [-0.3, -0.25) is 0 Å². The largest absolute Gasteiger partial charge is 0.389 e. The summed E-state index contributed by atoms with van der Waals surface area (Å²) in [6, 6.07) is 0. The standard InChI is InChI=1S/C20H37NO2/c1-3-5-21(6-4-2)13-19(22)14-23-15-20-10-16-7-17(11-20)9-18(8-16)12-20/h16-19,22H,3-15H2,1-2H3/t16?,17?,18?,19-,20?/m0/s1. The highest BCUT2D eigenvalue weighted by atomic mass is 16.5. The van der Waals surface area contributed by atoms with Crippen LogP contribution in [0.15, 0.2) is 0 Å². The van der Waals surface area contributed by atoms with Crippen molar-refractivity contribution in [1.82, 2.24) is 4.90 Å². The van der Waals surface area contributed by atoms with Gasteiger partial charge in [-0.25, -0.2) is 0 Å². The second-order valence-corrected chi connectivity index (χ2v) is 8.89. The lowest BCUT2D eigenvalue weighted by Crippen LogP contribution is -2.48. The minimum atomic E-state index is -0.331. The Morgan fingerprint density at radius 3 is 2.00 bits per heavy atom. The van der Waals surface area contributed by atoms with E-state index in [0.29, 0.717) is 12.0 Å². The van der Waals surface area contributed by atoms with Crippen LogP contribution >= 0.6 is 0 Å². The number of hydrogen-bond acceptors (Lipinski definition) is 3. The molecule has 1 atom stereocenters. The van der Waals surface area contributed by atoms with Gasteiger partial charge in [-0.2, -0.15) is 0 Å². The smallest absolute Gasteiger partial charge is 0.0900 e. The van der Waals surface area contributed by atoms with Crippen molar-refractivity contribution in [3.63, 3.8) is 0 Å². The fraction of sp³-hybridized carbons (Fsp3) is 1.00. The van der Waals surface area contributed by atoms with Gasteiger partial charge >= 0.3 is 0 Å². The Kier molecular flexibility index (Phi) is 6.03. The first kappa shape index (κ1) is 17.7. The van der Waals surface area contributed by atoms with Crippen LogP contribution in [0.5, 0.6) is 0 Å². The van der Waals surface area contributed by atoms with Gasteiger partial charge in [-0.1, -0.05) is 13.8 Å². The number of rotatable bonds is 10. The molecule has 4 aliphatic rings. The zero-order valence-electron chi connectivity index (χ0n) is 15.3. The molecule has 0 aliphatic heterocycles. The summed E-state index contributed by atoms with van der Waals surface area (Å²) in [6.07, 6.45) is 10.6. The fourth-order valence-corrected chi connectivity index (χ4v) is 6.16. The van der Waals surface area contributed by atoms with Crippen LogP contribution in [0.25, 0.3) is 0 Å². The molecule has 0 radical (unpaired) electrons. The molecule has 4 fully saturated rings. The molecule has 0 spiro atoms. The Morgan fingerprint density at radius 1 is 1.00 bits per heavy atom. The van der Waals surface area contributed by atoms with Gasteiger partial charge in [0.05, 0.1) is 19.3 Å². The molecule has 4 saturated carbocycles. The molecule has 0 aromatic heterocycles. The predicted octanol–water partition coefficient (Wildman–Crippen LogP) is 3.70. The molecule has 0 aromatic carbocycles. The Balaban J connectivity index is 1.40. The molecule has 4 rings (SSSR count). The maximum absolute atomic E-state index is 10.3. The first-order valence-corrected chi connectivity index (χ1v) is 10.1. The molecule has 134 valence electrons. The molecule has 4 aliphatic carbocycles. The highest BCUT2D eigenvalue weighted by molar-refractivity contribution is 5.01. The molecule has 0 unspecified atom stereocenters. The Bertz CT molecular complexity index is 329. The molecule has 3 heteroatoms. The van der Waals surface area contributed by atoms with E-state index in [9.17, 15) is 5.11 Å². The molecule has 3 nitrogen and oxygen atoms in total. The summed E-state index contributed by atoms with van der Waals surface area (Å²) in [5.41, 5.74) is 0.473. The number of nitrogens with zero attached hydrogens (tertiary/aromatic N) is 1. The maximum Gasteiger partial charge on any atom is 0.0900 e. The molecular weight excluding hydrogens is 286 g/mol. The average Bonchev–Trinajstić information content (AvgIpc) is 2.46. The van der Waals surface area contributed by atoms with Crippen LogP contribution in [0, 0.1) is 23.2 Å². The average molecular weight is 324 g/mol. The Hall–Kier alpha value is -0.120. The molecule has 0 saturated heterocycles. The van der Waals surface area contributed by atoms with E-state index in [2.05, 4.69) is 18.7 Å². The van der Waals surface area contributed by atoms with Gasteiger partial charge in [-0.15, -0.1) is 0 Å². The van der Waals surface area contributed by atoms with Crippen LogP contribution in [0.3, 0.4) is 0 Å². The fourth-order valence-electron chi connectivity index (χ4n) is 6.16. The quantitative estimate of drug-likeness (QED) is 0.665. The van der Waals surface area contributed by atoms with Crippen molar-refractivity contribution in [2.24, 2.45) is 23.2 Å². The molecule has 1 N–H and O–H groups in total. The van der Waals surface area contributed by atoms with Gasteiger partial charge in [0.1, 0.15) is 0 Å². The van der Waals surface area contributed by atoms with Crippen molar-refractivity contribution in [1.29, 1.82) is 0 Å². The van der Waals surface area contributed by atoms with Crippen molar-refractivity contribution < 1.29 is 9.84 Å². The van der Waals surface area contributed by atoms with Gasteiger partial charge in [0, 0.05) is 6.54 Å². The topological polar surface area (TPSA) is 32.7 Å². The van der Waals surface area contributed by atoms with Gasteiger partial charge in [0.15, 0.2) is 0 Å². The van der Waals surface area contributed by atoms with Crippen molar-refractivity contribution in [3.8, 4) is 0 Å². The highest BCUT2D eigenvalue weighted by Gasteiger charge is 2.50. The third-order valence-electron chi connectivity index (χ3n) is 6.43. The van der Waals surface area contributed by atoms with E-state index in [4.69, 9.17) is 4.74 Å². The van der Waals surface area contributed by atoms with Crippen LogP contribution in [-0.2, 0) is 4.74 Å². The molecule has 23 heavy (non-hydrogen) atoms. The van der Waals surface area contributed by atoms with E-state index in [1.807, 2.05) is 0 Å². The molecular formula is C20H37NO2. The summed E-state index contributed by atoms with van der Waals surface area (Å²) < 4.78 is 6.06. The van der Waals surface area contributed by atoms with E-state index in [0.717, 1.165) is 56.8 Å². The molecule has 4 bridgehead atoms. The van der Waals surface area contributed by atoms with Crippen molar-refractivity contribution in [3.05, 3.63) is 0 Å². The lowest BCUT2D eigenvalue weighted by Gasteiger charge is -2.56. The van der Waals surface area contributed by atoms with Crippen LogP contribution < -0.4 is 0 Å². The van der Waals surface area contributed by atoms with Crippen LogP contribution in [0.2, 0.25) is 0 Å². The van der Waals surface area contributed by atoms with E-state index >= 15 is 0 Å². The van der Waals surface area contributed by atoms with Gasteiger partial charge in [-0.05, 0) is 87.6 Å². The zero-order chi connectivity index (χ0) is 16.3. The van der Waals surface area contributed by atoms with Crippen molar-refractivity contribution >= 4 is 0 Å². The predicted molar refractivity (Wildman–Crippen MR) is 94.5 cm³/mol. The zero-order valence-corrected chi connectivity index (χ0v) is 15.3. The lowest BCUT2D eigenvalue weighted by atomic mass is 9.50. The minimum absolute atomic E-state index is 0.331. The third kappa shape index (κ3) is 4.49. The Labute approximate surface area is 142 Å². The number of ether oxygens (including phenoxy) is 1. The third-order valence-corrected chi connectivity index (χ3v) is 6.43. The first-order chi connectivity index (χ1) is 11.1. The number of aliphatic hydroxyl groups is 1. The first-order valence-electron chi connectivity index (χ1n) is 10.1. The SMILES string of the molecule is CCCN(CCC)C[C@H](O)COCC12CC3CC(CC(C3)C1)C2. The number of aliphatic hydroxyl groups excluding tert-OH is 1. The molecule has 0 heterocycles. The summed E-state index contributed by atoms with van der Waals surface area (Å²) in [7, 11) is 0. The summed E-state index contributed by atoms with van der Waals surface area (Å²) in [6.45, 7) is 8.76. The van der Waals surface area contributed by atoms with Crippen molar-refractivity contribution in [2.45, 2.75) is 71.3 Å². The monoisotopic (exact) mass is 323 g/mol. The number of hydrogen-bond donors (Lipinski definition) is 1. The normalized spacial score (nSPS) is 36.8. The lowest BCUT2D eigenvalue weighted by molar-refractivity contribution is -0.107. The summed E-state index contributed by atoms with van der Waals surface area (Å²) >= 11 is 0. The van der Waals surface area contributed by atoms with Gasteiger partial charge in [0.2, 0.25) is 0 Å². The summed E-state index contributed by atoms with van der Waals surface area (Å²) in [5.74, 6) is 2.96. The summed E-state index contributed by atoms with van der Waals surface area (Å²) in [4.78, 5) is 2.37. The molecule has 0 aromatic rings. The second-order valence-electron chi connectivity index (χ2n) is 8.89. The van der Waals surface area contributed by atoms with E-state index in [-0.39, 0.29) is 6.10 Å². The maximum atomic E-state index is 10.3. The van der Waals surface area contributed by atoms with Crippen LogP contribution in [-0.4, -0.2) is 49.0 Å². The van der Waals surface area contributed by atoms with Gasteiger partial charge in [0.25, 0.3) is 0 Å². The highest BCUT2D eigenvalue weighted by Crippen LogP contribution is 2.60. The Morgan fingerprint density at radius 2 is 1.52 bits per heavy atom. The van der Waals surface area contributed by atoms with E-state index < -0.39 is 0 Å². The van der Waals surface area contributed by atoms with Crippen LogP contribution in [0.1, 0.15) is 65.2 Å². The minimum Gasteiger partial charge on any atom is -0.389 e. The van der Waals surface area contributed by atoms with Gasteiger partial charge < -0.3 is 14.7 Å². The van der Waals surface area contributed by atoms with Crippen molar-refractivity contribution in [2.75, 3.05) is 32.8 Å². The van der Waals surface area contributed by atoms with Crippen LogP contribution in [0.4, 0.5) is 0 Å². The summed E-state index contributed by atoms with van der Waals surface area (Å²) in [5, 5.41) is 10.3. The van der Waals surface area contributed by atoms with E-state index in [1.54, 1.807) is 0 Å². The van der Waals surface area contributed by atoms with E-state index in [1.165, 1.54) is 38.5 Å². The second kappa shape index (κ2) is 7.84. The molecule has 0 amide bonds.